The molecule has 0 amide bonds. The quantitative estimate of drug-likeness (QED) is 0.147. The molecule has 9 heteroatoms. The third-order valence-corrected chi connectivity index (χ3v) is 12.8. The molecule has 3 aromatic heterocycles. The summed E-state index contributed by atoms with van der Waals surface area (Å²) in [5.74, 6) is -0.902. The van der Waals surface area contributed by atoms with Crippen molar-refractivity contribution in [3.8, 4) is 44.5 Å². The molecule has 2 aliphatic heterocycles. The molecule has 6 aromatic carbocycles. The van der Waals surface area contributed by atoms with Crippen molar-refractivity contribution in [1.29, 1.82) is 0 Å². The van der Waals surface area contributed by atoms with Crippen LogP contribution in [0.4, 0.5) is 0 Å². The molecule has 67 heavy (non-hydrogen) atoms. The van der Waals surface area contributed by atoms with Gasteiger partial charge in [-0.3, -0.25) is 0 Å². The predicted octanol–water partition coefficient (Wildman–Crippen LogP) is 13.6. The summed E-state index contributed by atoms with van der Waals surface area (Å²) in [6.07, 6.45) is 8.50. The van der Waals surface area contributed by atoms with Gasteiger partial charge in [0.2, 0.25) is 0 Å². The monoisotopic (exact) mass is 976 g/mol. The van der Waals surface area contributed by atoms with Crippen LogP contribution in [0.1, 0.15) is 43.5 Å². The van der Waals surface area contributed by atoms with Crippen LogP contribution < -0.4 is 0 Å². The molecule has 8 bridgehead atoms. The number of nitrogens with one attached hydrogen (secondary N) is 2. The van der Waals surface area contributed by atoms with Gasteiger partial charge in [-0.05, 0) is 70.8 Å². The SMILES string of the molecule is C1=Cc2nc1c(-c1ccccc1)c1nc(c(-c3ccccc3)c3ccc([nH]3)c(-c3ccccc3)c3ccc([nH]3)c2-c2ccccc2)C=C1.O=C([O][Sn][O]C(=O)c1ccccc1)c1ccccc1. The van der Waals surface area contributed by atoms with E-state index in [1.165, 1.54) is 0 Å². The average molecular weight is 976 g/mol. The predicted molar refractivity (Wildman–Crippen MR) is 270 cm³/mol. The van der Waals surface area contributed by atoms with Crippen LogP contribution in [-0.2, 0) is 6.15 Å². The van der Waals surface area contributed by atoms with Crippen LogP contribution in [0.3, 0.4) is 0 Å². The Balaban J connectivity index is 0.000000232. The van der Waals surface area contributed by atoms with Gasteiger partial charge in [-0.25, -0.2) is 9.97 Å². The van der Waals surface area contributed by atoms with E-state index in [1.807, 2.05) is 30.3 Å². The number of carbonyl (C=O) groups excluding carboxylic acids is 2. The van der Waals surface area contributed by atoms with Crippen molar-refractivity contribution in [3.05, 3.63) is 240 Å². The molecule has 2 aliphatic rings. The number of aromatic amines is 2. The van der Waals surface area contributed by atoms with E-state index < -0.39 is 33.9 Å². The summed E-state index contributed by atoms with van der Waals surface area (Å²) in [5.41, 5.74) is 17.1. The van der Waals surface area contributed by atoms with Crippen molar-refractivity contribution < 1.29 is 15.7 Å². The van der Waals surface area contributed by atoms with Crippen molar-refractivity contribution in [2.45, 2.75) is 0 Å². The van der Waals surface area contributed by atoms with Gasteiger partial charge in [0.15, 0.2) is 0 Å². The number of hydrogen-bond donors (Lipinski definition) is 2. The van der Waals surface area contributed by atoms with Gasteiger partial charge >= 0.3 is 121 Å². The van der Waals surface area contributed by atoms with Gasteiger partial charge < -0.3 is 9.97 Å². The van der Waals surface area contributed by atoms with E-state index in [9.17, 15) is 9.59 Å². The maximum absolute atomic E-state index is 11.6. The molecule has 320 valence electrons. The Kier molecular flexibility index (Phi) is 12.6. The summed E-state index contributed by atoms with van der Waals surface area (Å²) in [5, 5.41) is 0. The van der Waals surface area contributed by atoms with Gasteiger partial charge in [0.05, 0.1) is 22.8 Å². The van der Waals surface area contributed by atoms with E-state index in [-0.39, 0.29) is 0 Å². The topological polar surface area (TPSA) is 110 Å². The first kappa shape index (κ1) is 42.6. The van der Waals surface area contributed by atoms with Gasteiger partial charge in [0.25, 0.3) is 0 Å². The molecule has 0 atom stereocenters. The number of carbonyl (C=O) groups is 2. The molecule has 9 aromatic rings. The molecule has 0 spiro atoms. The summed E-state index contributed by atoms with van der Waals surface area (Å²) >= 11 is -1.95. The second kappa shape index (κ2) is 19.8. The minimum absolute atomic E-state index is 0.451. The van der Waals surface area contributed by atoms with Crippen molar-refractivity contribution in [1.82, 2.24) is 19.9 Å². The Labute approximate surface area is 398 Å². The molecule has 2 radical (unpaired) electrons. The Morgan fingerprint density at radius 2 is 0.597 bits per heavy atom. The van der Waals surface area contributed by atoms with Gasteiger partial charge in [0, 0.05) is 44.3 Å². The van der Waals surface area contributed by atoms with Crippen LogP contribution in [-0.4, -0.2) is 53.8 Å². The van der Waals surface area contributed by atoms with Gasteiger partial charge in [0.1, 0.15) is 0 Å². The van der Waals surface area contributed by atoms with E-state index in [2.05, 4.69) is 162 Å². The van der Waals surface area contributed by atoms with E-state index >= 15 is 0 Å². The minimum atomic E-state index is -1.95. The summed E-state index contributed by atoms with van der Waals surface area (Å²) < 4.78 is 10.0. The third kappa shape index (κ3) is 9.43. The van der Waals surface area contributed by atoms with Crippen molar-refractivity contribution in [2.24, 2.45) is 0 Å². The van der Waals surface area contributed by atoms with Crippen LogP contribution in [0, 0.1) is 0 Å². The van der Waals surface area contributed by atoms with Crippen LogP contribution >= 0.6 is 0 Å². The molecule has 0 fully saturated rings. The zero-order chi connectivity index (χ0) is 45.4. The standard InChI is InChI=1S/C44H30N4.2C7H6O2.Sn/c1-5-13-29(14-6-1)41-33-21-23-35(45-33)42(30-15-7-2-8-16-30)37-25-27-39(47-37)44(32-19-11-4-12-20-32)40-28-26-38(48-40)43(31-17-9-3-10-18-31)36-24-22-34(41)46-36;2*8-7(9)6-4-2-1-3-5-6;/h1-28,45-46H;2*1-5H,(H,8,9);/q;;;+2/p-2. The molecule has 0 saturated carbocycles. The Morgan fingerprint density at radius 1 is 0.328 bits per heavy atom. The number of fused-ring (bicyclic) bond motifs is 8. The van der Waals surface area contributed by atoms with Crippen LogP contribution in [0.25, 0.3) is 90.9 Å². The van der Waals surface area contributed by atoms with E-state index in [4.69, 9.17) is 16.1 Å². The number of aromatic nitrogens is 4. The molecule has 0 saturated heterocycles. The number of H-pyrrole nitrogens is 2. The number of hydrogen-bond acceptors (Lipinski definition) is 6. The molecule has 0 aliphatic carbocycles. The summed E-state index contributed by atoms with van der Waals surface area (Å²) in [6, 6.07) is 67.9. The molecule has 5 heterocycles. The molecule has 2 N–H and O–H groups in total. The maximum atomic E-state index is 11.6. The van der Waals surface area contributed by atoms with Crippen molar-refractivity contribution >= 4 is 80.3 Å². The summed E-state index contributed by atoms with van der Waals surface area (Å²) in [4.78, 5) is 41.5. The molecule has 8 nitrogen and oxygen atoms in total. The molecular weight excluding hydrogens is 935 g/mol. The van der Waals surface area contributed by atoms with Crippen LogP contribution in [0.2, 0.25) is 0 Å². The van der Waals surface area contributed by atoms with Crippen LogP contribution in [0.15, 0.2) is 206 Å². The fourth-order valence-electron chi connectivity index (χ4n) is 8.20. The fourth-order valence-corrected chi connectivity index (χ4v) is 9.43. The average Bonchev–Trinajstić information content (AvgIpc) is 4.25. The number of benzene rings is 6. The van der Waals surface area contributed by atoms with Gasteiger partial charge in [-0.15, -0.1) is 0 Å². The van der Waals surface area contributed by atoms with Gasteiger partial charge in [-0.1, -0.05) is 121 Å². The summed E-state index contributed by atoms with van der Waals surface area (Å²) in [7, 11) is 0. The molecule has 11 rings (SSSR count). The third-order valence-electron chi connectivity index (χ3n) is 11.3. The normalized spacial score (nSPS) is 11.3. The van der Waals surface area contributed by atoms with Crippen LogP contribution in [0.5, 0.6) is 0 Å². The zero-order valence-electron chi connectivity index (χ0n) is 36.0. The molecular formula is C58H40N4O4Sn. The first-order chi connectivity index (χ1) is 33.1. The second-order valence-electron chi connectivity index (χ2n) is 15.6. The Hall–Kier alpha value is -8.34. The number of rotatable bonds is 8. The first-order valence-corrected chi connectivity index (χ1v) is 24.1. The summed E-state index contributed by atoms with van der Waals surface area (Å²) in [6.45, 7) is 0. The second-order valence-corrected chi connectivity index (χ2v) is 17.2. The van der Waals surface area contributed by atoms with E-state index in [0.717, 1.165) is 89.4 Å². The zero-order valence-corrected chi connectivity index (χ0v) is 38.8. The van der Waals surface area contributed by atoms with Crippen molar-refractivity contribution in [2.75, 3.05) is 0 Å². The van der Waals surface area contributed by atoms with Crippen molar-refractivity contribution in [3.63, 3.8) is 0 Å². The molecule has 0 unspecified atom stereocenters. The first-order valence-electron chi connectivity index (χ1n) is 21.7. The van der Waals surface area contributed by atoms with E-state index in [1.54, 1.807) is 48.5 Å². The van der Waals surface area contributed by atoms with Gasteiger partial charge in [-0.2, -0.15) is 0 Å². The Morgan fingerprint density at radius 3 is 0.940 bits per heavy atom. The Bertz CT molecular complexity index is 3260. The number of nitrogens with zero attached hydrogens (tertiary/aromatic N) is 2. The van der Waals surface area contributed by atoms with E-state index in [0.29, 0.717) is 11.1 Å². The fraction of sp³-hybridized carbons (Fsp3) is 0.